The van der Waals surface area contributed by atoms with Crippen molar-refractivity contribution in [2.24, 2.45) is 5.41 Å². The summed E-state index contributed by atoms with van der Waals surface area (Å²) in [6, 6.07) is 6.86. The predicted octanol–water partition coefficient (Wildman–Crippen LogP) is 2.90. The van der Waals surface area contributed by atoms with Gasteiger partial charge in [-0.2, -0.15) is 0 Å². The molecule has 0 spiro atoms. The van der Waals surface area contributed by atoms with E-state index in [-0.39, 0.29) is 0 Å². The van der Waals surface area contributed by atoms with Crippen molar-refractivity contribution in [2.75, 3.05) is 5.73 Å². The van der Waals surface area contributed by atoms with Crippen LogP contribution in [0, 0.1) is 12.3 Å². The molecule has 16 heavy (non-hydrogen) atoms. The molecule has 1 fully saturated rings. The van der Waals surface area contributed by atoms with Crippen LogP contribution in [0.25, 0.3) is 11.0 Å². The van der Waals surface area contributed by atoms with Gasteiger partial charge in [-0.25, -0.2) is 4.98 Å². The minimum Gasteiger partial charge on any atom is -0.369 e. The van der Waals surface area contributed by atoms with Gasteiger partial charge in [0, 0.05) is 6.04 Å². The highest BCUT2D eigenvalue weighted by Crippen LogP contribution is 2.57. The number of nitrogens with zero attached hydrogens (tertiary/aromatic N) is 2. The van der Waals surface area contributed by atoms with Crippen LogP contribution in [0.4, 0.5) is 5.95 Å². The number of fused-ring (bicyclic) bond motifs is 1. The Morgan fingerprint density at radius 2 is 2.12 bits per heavy atom. The van der Waals surface area contributed by atoms with Gasteiger partial charge in [0.05, 0.1) is 11.0 Å². The average Bonchev–Trinajstić information content (AvgIpc) is 2.67. The van der Waals surface area contributed by atoms with Crippen molar-refractivity contribution >= 4 is 17.0 Å². The van der Waals surface area contributed by atoms with E-state index < -0.39 is 0 Å². The summed E-state index contributed by atoms with van der Waals surface area (Å²) in [5.74, 6) is 0.649. The van der Waals surface area contributed by atoms with E-state index in [2.05, 4.69) is 48.5 Å². The summed E-state index contributed by atoms with van der Waals surface area (Å²) in [6.45, 7) is 6.63. The van der Waals surface area contributed by atoms with Gasteiger partial charge in [0.15, 0.2) is 0 Å². The number of hydrogen-bond donors (Lipinski definition) is 1. The Bertz CT molecular complexity index is 566. The molecular weight excluding hydrogens is 198 g/mol. The Hall–Kier alpha value is -1.51. The number of hydrogen-bond acceptors (Lipinski definition) is 2. The van der Waals surface area contributed by atoms with Crippen molar-refractivity contribution in [3.05, 3.63) is 23.8 Å². The molecule has 1 aliphatic rings. The van der Waals surface area contributed by atoms with Crippen molar-refractivity contribution in [1.82, 2.24) is 9.55 Å². The molecule has 3 nitrogen and oxygen atoms in total. The molecule has 84 valence electrons. The van der Waals surface area contributed by atoms with E-state index in [4.69, 9.17) is 5.73 Å². The van der Waals surface area contributed by atoms with Gasteiger partial charge < -0.3 is 10.3 Å². The SMILES string of the molecule is Cc1ccc2c(c1)nc(N)n2C1CC1(C)C. The van der Waals surface area contributed by atoms with Gasteiger partial charge in [-0.3, -0.25) is 0 Å². The lowest BCUT2D eigenvalue weighted by Crippen LogP contribution is -2.04. The highest BCUT2D eigenvalue weighted by molar-refractivity contribution is 5.79. The summed E-state index contributed by atoms with van der Waals surface area (Å²) in [5, 5.41) is 0. The predicted molar refractivity (Wildman–Crippen MR) is 66.3 cm³/mol. The van der Waals surface area contributed by atoms with Crippen LogP contribution in [-0.2, 0) is 0 Å². The standard InChI is InChI=1S/C13H17N3/c1-8-4-5-10-9(6-8)15-12(14)16(10)11-7-13(11,2)3/h4-6,11H,7H2,1-3H3,(H2,14,15). The molecule has 3 heteroatoms. The number of anilines is 1. The van der Waals surface area contributed by atoms with Gasteiger partial charge in [0.2, 0.25) is 5.95 Å². The highest BCUT2D eigenvalue weighted by atomic mass is 15.2. The number of rotatable bonds is 1. The fourth-order valence-corrected chi connectivity index (χ4v) is 2.44. The lowest BCUT2D eigenvalue weighted by Gasteiger charge is -2.08. The second kappa shape index (κ2) is 2.78. The van der Waals surface area contributed by atoms with Crippen LogP contribution in [0.15, 0.2) is 18.2 Å². The summed E-state index contributed by atoms with van der Waals surface area (Å²) in [4.78, 5) is 4.44. The molecule has 0 aliphatic heterocycles. The Balaban J connectivity index is 2.21. The van der Waals surface area contributed by atoms with Crippen LogP contribution in [0.3, 0.4) is 0 Å². The van der Waals surface area contributed by atoms with Gasteiger partial charge in [-0.1, -0.05) is 19.9 Å². The van der Waals surface area contributed by atoms with E-state index >= 15 is 0 Å². The minimum absolute atomic E-state index is 0.368. The lowest BCUT2D eigenvalue weighted by atomic mass is 10.2. The van der Waals surface area contributed by atoms with Gasteiger partial charge >= 0.3 is 0 Å². The van der Waals surface area contributed by atoms with Crippen molar-refractivity contribution in [3.8, 4) is 0 Å². The van der Waals surface area contributed by atoms with Gasteiger partial charge in [-0.05, 0) is 36.5 Å². The molecular formula is C13H17N3. The van der Waals surface area contributed by atoms with E-state index in [1.165, 1.54) is 17.5 Å². The molecule has 1 aromatic heterocycles. The van der Waals surface area contributed by atoms with Crippen LogP contribution < -0.4 is 5.73 Å². The molecule has 1 unspecified atom stereocenters. The van der Waals surface area contributed by atoms with E-state index in [0.717, 1.165) is 5.52 Å². The summed E-state index contributed by atoms with van der Waals surface area (Å²) in [6.07, 6.45) is 1.19. The topological polar surface area (TPSA) is 43.8 Å². The third kappa shape index (κ3) is 1.24. The zero-order chi connectivity index (χ0) is 11.5. The minimum atomic E-state index is 0.368. The lowest BCUT2D eigenvalue weighted by molar-refractivity contribution is 0.553. The molecule has 0 amide bonds. The van der Waals surface area contributed by atoms with E-state index in [0.29, 0.717) is 17.4 Å². The number of imidazole rings is 1. The smallest absolute Gasteiger partial charge is 0.201 e. The van der Waals surface area contributed by atoms with Gasteiger partial charge in [-0.15, -0.1) is 0 Å². The normalized spacial score (nSPS) is 22.6. The van der Waals surface area contributed by atoms with Crippen LogP contribution in [0.5, 0.6) is 0 Å². The molecule has 1 aromatic carbocycles. The van der Waals surface area contributed by atoms with E-state index in [1.54, 1.807) is 0 Å². The molecule has 0 saturated heterocycles. The molecule has 2 aromatic rings. The molecule has 0 bridgehead atoms. The molecule has 0 radical (unpaired) electrons. The molecule has 1 aliphatic carbocycles. The Labute approximate surface area is 95.3 Å². The second-order valence-corrected chi connectivity index (χ2v) is 5.54. The first-order valence-corrected chi connectivity index (χ1v) is 5.73. The third-order valence-corrected chi connectivity index (χ3v) is 3.65. The van der Waals surface area contributed by atoms with Gasteiger partial charge in [0.25, 0.3) is 0 Å². The fraction of sp³-hybridized carbons (Fsp3) is 0.462. The maximum absolute atomic E-state index is 6.02. The molecule has 1 saturated carbocycles. The number of nitrogen functional groups attached to an aromatic ring is 1. The number of aryl methyl sites for hydroxylation is 1. The van der Waals surface area contributed by atoms with Crippen molar-refractivity contribution in [1.29, 1.82) is 0 Å². The summed E-state index contributed by atoms with van der Waals surface area (Å²) in [5.41, 5.74) is 9.79. The van der Waals surface area contributed by atoms with Crippen molar-refractivity contribution < 1.29 is 0 Å². The summed E-state index contributed by atoms with van der Waals surface area (Å²) < 4.78 is 2.19. The van der Waals surface area contributed by atoms with Crippen molar-refractivity contribution in [3.63, 3.8) is 0 Å². The Kier molecular flexibility index (Phi) is 1.69. The number of benzene rings is 1. The van der Waals surface area contributed by atoms with E-state index in [9.17, 15) is 0 Å². The highest BCUT2D eigenvalue weighted by Gasteiger charge is 2.48. The molecule has 1 atom stereocenters. The molecule has 3 rings (SSSR count). The Morgan fingerprint density at radius 3 is 2.75 bits per heavy atom. The maximum atomic E-state index is 6.02. The largest absolute Gasteiger partial charge is 0.369 e. The number of nitrogens with two attached hydrogens (primary N) is 1. The molecule has 1 heterocycles. The van der Waals surface area contributed by atoms with Crippen LogP contribution >= 0.6 is 0 Å². The monoisotopic (exact) mass is 215 g/mol. The second-order valence-electron chi connectivity index (χ2n) is 5.54. The first-order valence-electron chi connectivity index (χ1n) is 5.73. The van der Waals surface area contributed by atoms with Crippen LogP contribution in [-0.4, -0.2) is 9.55 Å². The van der Waals surface area contributed by atoms with Crippen molar-refractivity contribution in [2.45, 2.75) is 33.2 Å². The van der Waals surface area contributed by atoms with E-state index in [1.807, 2.05) is 0 Å². The first kappa shape index (κ1) is 9.70. The Morgan fingerprint density at radius 1 is 1.44 bits per heavy atom. The fourth-order valence-electron chi connectivity index (χ4n) is 2.44. The maximum Gasteiger partial charge on any atom is 0.201 e. The third-order valence-electron chi connectivity index (χ3n) is 3.65. The zero-order valence-electron chi connectivity index (χ0n) is 9.99. The first-order chi connectivity index (χ1) is 7.49. The zero-order valence-corrected chi connectivity index (χ0v) is 9.99. The number of aromatic nitrogens is 2. The average molecular weight is 215 g/mol. The summed E-state index contributed by atoms with van der Waals surface area (Å²) in [7, 11) is 0. The quantitative estimate of drug-likeness (QED) is 0.794. The van der Waals surface area contributed by atoms with Crippen LogP contribution in [0.2, 0.25) is 0 Å². The van der Waals surface area contributed by atoms with Crippen LogP contribution in [0.1, 0.15) is 31.9 Å². The molecule has 2 N–H and O–H groups in total. The van der Waals surface area contributed by atoms with Gasteiger partial charge in [0.1, 0.15) is 0 Å². The summed E-state index contributed by atoms with van der Waals surface area (Å²) >= 11 is 0.